The van der Waals surface area contributed by atoms with Crippen molar-refractivity contribution in [3.63, 3.8) is 0 Å². The molecule has 0 aliphatic carbocycles. The summed E-state index contributed by atoms with van der Waals surface area (Å²) in [4.78, 5) is 29.4. The summed E-state index contributed by atoms with van der Waals surface area (Å²) in [6, 6.07) is 11.1. The Balaban J connectivity index is 1.89. The molecule has 0 saturated carbocycles. The van der Waals surface area contributed by atoms with Crippen molar-refractivity contribution in [3.05, 3.63) is 80.5 Å². The molecule has 0 fully saturated rings. The first-order valence-electron chi connectivity index (χ1n) is 8.91. The predicted molar refractivity (Wildman–Crippen MR) is 112 cm³/mol. The Kier molecular flexibility index (Phi) is 5.98. The lowest BCUT2D eigenvalue weighted by atomic mass is 10.2. The fourth-order valence-electron chi connectivity index (χ4n) is 2.83. The third-order valence-corrected chi connectivity index (χ3v) is 4.65. The van der Waals surface area contributed by atoms with E-state index in [-0.39, 0.29) is 23.9 Å². The second-order valence-electron chi connectivity index (χ2n) is 6.71. The number of hydrogen-bond acceptors (Lipinski definition) is 4. The van der Waals surface area contributed by atoms with Gasteiger partial charge in [0.25, 0.3) is 5.56 Å². The normalized spacial score (nSPS) is 10.7. The van der Waals surface area contributed by atoms with E-state index in [4.69, 9.17) is 11.6 Å². The number of carbonyl (C=O) groups is 1. The van der Waals surface area contributed by atoms with Crippen molar-refractivity contribution in [1.82, 2.24) is 9.55 Å². The molecule has 0 bridgehead atoms. The van der Waals surface area contributed by atoms with Crippen molar-refractivity contribution in [2.24, 2.45) is 0 Å². The lowest BCUT2D eigenvalue weighted by Crippen LogP contribution is -2.30. The quantitative estimate of drug-likeness (QED) is 0.651. The molecular formula is C21H20ClFN4O2. The number of amides is 1. The van der Waals surface area contributed by atoms with Gasteiger partial charge in [-0.25, -0.2) is 9.37 Å². The Bertz CT molecular complexity index is 1120. The molecule has 0 saturated heterocycles. The summed E-state index contributed by atoms with van der Waals surface area (Å²) in [6.45, 7) is 4.88. The number of hydrogen-bond donors (Lipinski definition) is 2. The highest BCUT2D eigenvalue weighted by Gasteiger charge is 2.14. The van der Waals surface area contributed by atoms with Gasteiger partial charge in [0.05, 0.1) is 10.7 Å². The molecule has 0 radical (unpaired) electrons. The highest BCUT2D eigenvalue weighted by molar-refractivity contribution is 6.33. The van der Waals surface area contributed by atoms with Crippen LogP contribution in [0.3, 0.4) is 0 Å². The molecule has 0 aliphatic rings. The number of para-hydroxylation sites is 1. The third kappa shape index (κ3) is 4.81. The highest BCUT2D eigenvalue weighted by atomic mass is 35.5. The third-order valence-electron chi connectivity index (χ3n) is 4.34. The molecule has 0 atom stereocenters. The molecule has 1 amide bonds. The first-order valence-corrected chi connectivity index (χ1v) is 9.29. The monoisotopic (exact) mass is 414 g/mol. The molecular weight excluding hydrogens is 395 g/mol. The van der Waals surface area contributed by atoms with Gasteiger partial charge in [0.15, 0.2) is 0 Å². The molecule has 2 aromatic carbocycles. The van der Waals surface area contributed by atoms with E-state index in [1.54, 1.807) is 32.0 Å². The summed E-state index contributed by atoms with van der Waals surface area (Å²) >= 11 is 6.16. The van der Waals surface area contributed by atoms with Crippen molar-refractivity contribution in [3.8, 4) is 0 Å². The largest absolute Gasteiger partial charge is 0.326 e. The fraction of sp³-hybridized carbons (Fsp3) is 0.190. The van der Waals surface area contributed by atoms with E-state index >= 15 is 0 Å². The Morgan fingerprint density at radius 3 is 2.59 bits per heavy atom. The highest BCUT2D eigenvalue weighted by Crippen LogP contribution is 2.25. The minimum absolute atomic E-state index is 0.187. The lowest BCUT2D eigenvalue weighted by Gasteiger charge is -2.15. The van der Waals surface area contributed by atoms with Crippen molar-refractivity contribution < 1.29 is 9.18 Å². The van der Waals surface area contributed by atoms with E-state index in [1.165, 1.54) is 22.8 Å². The zero-order chi connectivity index (χ0) is 21.1. The molecule has 0 unspecified atom stereocenters. The van der Waals surface area contributed by atoms with E-state index in [1.807, 2.05) is 13.0 Å². The van der Waals surface area contributed by atoms with E-state index in [0.29, 0.717) is 27.7 Å². The SMILES string of the molecule is Cc1cc(=O)n(CC(=O)Nc2c(C)cccc2Cl)c(Nc2ccc(F)c(C)c2)n1. The average molecular weight is 415 g/mol. The van der Waals surface area contributed by atoms with Gasteiger partial charge in [0.2, 0.25) is 11.9 Å². The van der Waals surface area contributed by atoms with Crippen molar-refractivity contribution in [1.29, 1.82) is 0 Å². The smallest absolute Gasteiger partial charge is 0.255 e. The first-order chi connectivity index (χ1) is 13.7. The van der Waals surface area contributed by atoms with Gasteiger partial charge in [0, 0.05) is 17.4 Å². The molecule has 0 spiro atoms. The number of nitrogens with one attached hydrogen (secondary N) is 2. The van der Waals surface area contributed by atoms with E-state index in [9.17, 15) is 14.0 Å². The van der Waals surface area contributed by atoms with Crippen LogP contribution in [0.5, 0.6) is 0 Å². The van der Waals surface area contributed by atoms with Crippen LogP contribution in [-0.4, -0.2) is 15.5 Å². The Labute approximate surface area is 172 Å². The fourth-order valence-corrected chi connectivity index (χ4v) is 3.10. The lowest BCUT2D eigenvalue weighted by molar-refractivity contribution is -0.116. The predicted octanol–water partition coefficient (Wildman–Crippen LogP) is 4.34. The summed E-state index contributed by atoms with van der Waals surface area (Å²) < 4.78 is 14.7. The molecule has 6 nitrogen and oxygen atoms in total. The van der Waals surface area contributed by atoms with Crippen LogP contribution in [0.4, 0.5) is 21.7 Å². The number of benzene rings is 2. The number of carbonyl (C=O) groups excluding carboxylic acids is 1. The summed E-state index contributed by atoms with van der Waals surface area (Å²) in [5.41, 5.74) is 2.41. The van der Waals surface area contributed by atoms with Crippen LogP contribution >= 0.6 is 11.6 Å². The molecule has 150 valence electrons. The van der Waals surface area contributed by atoms with E-state index in [2.05, 4.69) is 15.6 Å². The minimum atomic E-state index is -0.424. The number of anilines is 3. The minimum Gasteiger partial charge on any atom is -0.326 e. The molecule has 1 heterocycles. The van der Waals surface area contributed by atoms with Crippen LogP contribution in [0, 0.1) is 26.6 Å². The maximum absolute atomic E-state index is 13.5. The molecule has 1 aromatic heterocycles. The second-order valence-corrected chi connectivity index (χ2v) is 7.12. The van der Waals surface area contributed by atoms with Gasteiger partial charge in [-0.3, -0.25) is 14.2 Å². The summed E-state index contributed by atoms with van der Waals surface area (Å²) in [7, 11) is 0. The topological polar surface area (TPSA) is 76.0 Å². The van der Waals surface area contributed by atoms with Crippen molar-refractivity contribution >= 4 is 34.8 Å². The maximum Gasteiger partial charge on any atom is 0.255 e. The van der Waals surface area contributed by atoms with Gasteiger partial charge in [-0.2, -0.15) is 0 Å². The molecule has 3 aromatic rings. The Hall–Kier alpha value is -3.19. The van der Waals surface area contributed by atoms with Gasteiger partial charge in [-0.1, -0.05) is 23.7 Å². The van der Waals surface area contributed by atoms with E-state index < -0.39 is 5.91 Å². The number of rotatable bonds is 5. The number of nitrogens with zero attached hydrogens (tertiary/aromatic N) is 2. The standard InChI is InChI=1S/C21H20ClFN4O2/c1-12-5-4-6-16(22)20(12)26-18(28)11-27-19(29)10-14(3)24-21(27)25-15-7-8-17(23)13(2)9-15/h4-10H,11H2,1-3H3,(H,24,25)(H,26,28). The Morgan fingerprint density at radius 2 is 1.90 bits per heavy atom. The number of aryl methyl sites for hydroxylation is 3. The summed E-state index contributed by atoms with van der Waals surface area (Å²) in [5, 5.41) is 6.14. The van der Waals surface area contributed by atoms with Gasteiger partial charge in [0.1, 0.15) is 12.4 Å². The van der Waals surface area contributed by atoms with Crippen molar-refractivity contribution in [2.75, 3.05) is 10.6 Å². The van der Waals surface area contributed by atoms with Crippen LogP contribution in [0.15, 0.2) is 47.3 Å². The van der Waals surface area contributed by atoms with Gasteiger partial charge < -0.3 is 10.6 Å². The first kappa shape index (κ1) is 20.5. The second kappa shape index (κ2) is 8.45. The van der Waals surface area contributed by atoms with Crippen LogP contribution in [-0.2, 0) is 11.3 Å². The molecule has 3 rings (SSSR count). The summed E-state index contributed by atoms with van der Waals surface area (Å²) in [5.74, 6) is -0.570. The number of aromatic nitrogens is 2. The zero-order valence-corrected chi connectivity index (χ0v) is 17.0. The Morgan fingerprint density at radius 1 is 1.14 bits per heavy atom. The van der Waals surface area contributed by atoms with Gasteiger partial charge in [-0.15, -0.1) is 0 Å². The average Bonchev–Trinajstić information content (AvgIpc) is 2.64. The van der Waals surface area contributed by atoms with Crippen molar-refractivity contribution in [2.45, 2.75) is 27.3 Å². The van der Waals surface area contributed by atoms with Crippen LogP contribution in [0.1, 0.15) is 16.8 Å². The molecule has 8 heteroatoms. The van der Waals surface area contributed by atoms with Crippen LogP contribution in [0.25, 0.3) is 0 Å². The molecule has 29 heavy (non-hydrogen) atoms. The molecule has 0 aliphatic heterocycles. The maximum atomic E-state index is 13.5. The summed E-state index contributed by atoms with van der Waals surface area (Å²) in [6.07, 6.45) is 0. The van der Waals surface area contributed by atoms with Crippen LogP contribution in [0.2, 0.25) is 5.02 Å². The number of halogens is 2. The van der Waals surface area contributed by atoms with Gasteiger partial charge >= 0.3 is 0 Å². The molecule has 2 N–H and O–H groups in total. The van der Waals surface area contributed by atoms with Crippen LogP contribution < -0.4 is 16.2 Å². The van der Waals surface area contributed by atoms with Gasteiger partial charge in [-0.05, 0) is 56.2 Å². The zero-order valence-electron chi connectivity index (χ0n) is 16.2. The van der Waals surface area contributed by atoms with E-state index in [0.717, 1.165) is 5.56 Å².